The van der Waals surface area contributed by atoms with E-state index in [9.17, 15) is 19.2 Å². The van der Waals surface area contributed by atoms with Gasteiger partial charge in [0.25, 0.3) is 0 Å². The van der Waals surface area contributed by atoms with Crippen LogP contribution >= 0.6 is 0 Å². The van der Waals surface area contributed by atoms with Crippen molar-refractivity contribution in [3.63, 3.8) is 0 Å². The average Bonchev–Trinajstić information content (AvgIpc) is 2.91. The zero-order valence-corrected chi connectivity index (χ0v) is 14.4. The summed E-state index contributed by atoms with van der Waals surface area (Å²) in [5, 5.41) is 2.69. The fraction of sp³-hybridized carbons (Fsp3) is 0.368. The molecular weight excluding hydrogens is 336 g/mol. The van der Waals surface area contributed by atoms with Crippen LogP contribution in [0.5, 0.6) is 0 Å². The van der Waals surface area contributed by atoms with Crippen LogP contribution in [0.1, 0.15) is 28.8 Å². The maximum atomic E-state index is 12.3. The highest BCUT2D eigenvalue weighted by Gasteiger charge is 2.47. The van der Waals surface area contributed by atoms with Gasteiger partial charge in [-0.1, -0.05) is 24.3 Å². The average molecular weight is 356 g/mol. The van der Waals surface area contributed by atoms with E-state index >= 15 is 0 Å². The first-order valence-electron chi connectivity index (χ1n) is 8.45. The Balaban J connectivity index is 1.54. The van der Waals surface area contributed by atoms with Gasteiger partial charge in [-0.05, 0) is 30.5 Å². The van der Waals surface area contributed by atoms with Crippen molar-refractivity contribution < 1.29 is 23.9 Å². The Hall–Kier alpha value is -2.96. The van der Waals surface area contributed by atoms with Gasteiger partial charge in [-0.2, -0.15) is 0 Å². The predicted molar refractivity (Wildman–Crippen MR) is 91.7 cm³/mol. The highest BCUT2D eigenvalue weighted by Crippen LogP contribution is 2.34. The van der Waals surface area contributed by atoms with Crippen LogP contribution in [0.15, 0.2) is 36.4 Å². The van der Waals surface area contributed by atoms with Crippen molar-refractivity contribution in [1.29, 1.82) is 0 Å². The topological polar surface area (TPSA) is 92.8 Å². The molecule has 7 heteroatoms. The molecule has 3 rings (SSSR count). The molecular formula is C19H20N2O5. The van der Waals surface area contributed by atoms with E-state index in [0.717, 1.165) is 10.5 Å². The minimum atomic E-state index is -0.428. The van der Waals surface area contributed by atoms with Gasteiger partial charge in [0.1, 0.15) is 6.54 Å². The van der Waals surface area contributed by atoms with Gasteiger partial charge in [0.15, 0.2) is 0 Å². The van der Waals surface area contributed by atoms with Crippen LogP contribution in [-0.2, 0) is 25.7 Å². The third kappa shape index (κ3) is 3.51. The number of esters is 1. The SMILES string of the molecule is COC(=O)c1ccc(CNC(=O)CN2C(=O)[C@@H]3CC=CC[C@H]3C2=O)cc1. The predicted octanol–water partition coefficient (Wildman–Crippen LogP) is 1.04. The molecule has 2 aliphatic rings. The second-order valence-corrected chi connectivity index (χ2v) is 6.38. The largest absolute Gasteiger partial charge is 0.465 e. The standard InChI is InChI=1S/C19H20N2O5/c1-26-19(25)13-8-6-12(7-9-13)10-20-16(22)11-21-17(23)14-4-2-3-5-15(14)18(21)24/h2-3,6-9,14-15H,4-5,10-11H2,1H3,(H,20,22)/t14-,15-/m1/s1. The molecule has 7 nitrogen and oxygen atoms in total. The lowest BCUT2D eigenvalue weighted by Crippen LogP contribution is -2.40. The number of nitrogens with zero attached hydrogens (tertiary/aromatic N) is 1. The maximum Gasteiger partial charge on any atom is 0.337 e. The van der Waals surface area contributed by atoms with Crippen molar-refractivity contribution >= 4 is 23.7 Å². The van der Waals surface area contributed by atoms with Gasteiger partial charge in [0.05, 0.1) is 24.5 Å². The van der Waals surface area contributed by atoms with E-state index in [-0.39, 0.29) is 36.7 Å². The zero-order chi connectivity index (χ0) is 18.7. The van der Waals surface area contributed by atoms with E-state index < -0.39 is 11.9 Å². The molecule has 0 aromatic heterocycles. The quantitative estimate of drug-likeness (QED) is 0.483. The van der Waals surface area contributed by atoms with Gasteiger partial charge in [-0.15, -0.1) is 0 Å². The minimum absolute atomic E-state index is 0.241. The number of fused-ring (bicyclic) bond motifs is 1. The molecule has 0 spiro atoms. The van der Waals surface area contributed by atoms with E-state index in [4.69, 9.17) is 0 Å². The van der Waals surface area contributed by atoms with Crippen molar-refractivity contribution in [3.05, 3.63) is 47.5 Å². The molecule has 1 fully saturated rings. The number of benzene rings is 1. The minimum Gasteiger partial charge on any atom is -0.465 e. The van der Waals surface area contributed by atoms with Gasteiger partial charge in [-0.25, -0.2) is 4.79 Å². The number of hydrogen-bond donors (Lipinski definition) is 1. The highest BCUT2D eigenvalue weighted by molar-refractivity contribution is 6.07. The summed E-state index contributed by atoms with van der Waals surface area (Å²) in [4.78, 5) is 49.3. The lowest BCUT2D eigenvalue weighted by molar-refractivity contribution is -0.143. The maximum absolute atomic E-state index is 12.3. The summed E-state index contributed by atoms with van der Waals surface area (Å²) in [5.41, 5.74) is 1.22. The van der Waals surface area contributed by atoms with Crippen LogP contribution < -0.4 is 5.32 Å². The molecule has 0 bridgehead atoms. The smallest absolute Gasteiger partial charge is 0.337 e. The number of ether oxygens (including phenoxy) is 1. The Kier molecular flexibility index (Phi) is 5.16. The third-order valence-electron chi connectivity index (χ3n) is 4.77. The molecule has 1 aliphatic carbocycles. The number of imide groups is 1. The lowest BCUT2D eigenvalue weighted by Gasteiger charge is -2.14. The monoisotopic (exact) mass is 356 g/mol. The molecule has 1 aromatic carbocycles. The van der Waals surface area contributed by atoms with Crippen LogP contribution in [0.25, 0.3) is 0 Å². The number of nitrogens with one attached hydrogen (secondary N) is 1. The molecule has 1 N–H and O–H groups in total. The van der Waals surface area contributed by atoms with Crippen molar-refractivity contribution in [2.24, 2.45) is 11.8 Å². The first-order valence-corrected chi connectivity index (χ1v) is 8.45. The van der Waals surface area contributed by atoms with Gasteiger partial charge >= 0.3 is 5.97 Å². The van der Waals surface area contributed by atoms with E-state index in [1.54, 1.807) is 24.3 Å². The summed E-state index contributed by atoms with van der Waals surface area (Å²) in [6.07, 6.45) is 4.93. The summed E-state index contributed by atoms with van der Waals surface area (Å²) in [6.45, 7) is -0.0180. The van der Waals surface area contributed by atoms with Gasteiger partial charge < -0.3 is 10.1 Å². The molecule has 0 radical (unpaired) electrons. The number of carbonyl (C=O) groups is 4. The van der Waals surface area contributed by atoms with Crippen LogP contribution in [0.2, 0.25) is 0 Å². The second kappa shape index (κ2) is 7.51. The molecule has 1 heterocycles. The number of allylic oxidation sites excluding steroid dienone is 2. The first-order chi connectivity index (χ1) is 12.5. The highest BCUT2D eigenvalue weighted by atomic mass is 16.5. The molecule has 26 heavy (non-hydrogen) atoms. The van der Waals surface area contributed by atoms with Gasteiger partial charge in [0.2, 0.25) is 17.7 Å². The molecule has 1 saturated heterocycles. The fourth-order valence-electron chi connectivity index (χ4n) is 3.30. The third-order valence-corrected chi connectivity index (χ3v) is 4.77. The molecule has 136 valence electrons. The number of rotatable bonds is 5. The zero-order valence-electron chi connectivity index (χ0n) is 14.4. The normalized spacial score (nSPS) is 21.5. The summed E-state index contributed by atoms with van der Waals surface area (Å²) in [7, 11) is 1.31. The van der Waals surface area contributed by atoms with E-state index in [1.807, 2.05) is 12.2 Å². The Morgan fingerprint density at radius 3 is 2.19 bits per heavy atom. The van der Waals surface area contributed by atoms with Gasteiger partial charge in [-0.3, -0.25) is 19.3 Å². The molecule has 2 atom stereocenters. The number of likely N-dealkylation sites (tertiary alicyclic amines) is 1. The summed E-state index contributed by atoms with van der Waals surface area (Å²) >= 11 is 0. The summed E-state index contributed by atoms with van der Waals surface area (Å²) in [6, 6.07) is 6.63. The van der Waals surface area contributed by atoms with E-state index in [1.165, 1.54) is 7.11 Å². The lowest BCUT2D eigenvalue weighted by atomic mass is 9.85. The number of carbonyl (C=O) groups excluding carboxylic acids is 4. The van der Waals surface area contributed by atoms with E-state index in [2.05, 4.69) is 10.1 Å². The number of hydrogen-bond acceptors (Lipinski definition) is 5. The Labute approximate surface area is 151 Å². The van der Waals surface area contributed by atoms with Crippen molar-refractivity contribution in [2.45, 2.75) is 19.4 Å². The molecule has 3 amide bonds. The van der Waals surface area contributed by atoms with Gasteiger partial charge in [0, 0.05) is 6.54 Å². The molecule has 1 aliphatic heterocycles. The summed E-state index contributed by atoms with van der Waals surface area (Å²) < 4.78 is 4.63. The van der Waals surface area contributed by atoms with Crippen LogP contribution in [0.3, 0.4) is 0 Å². The van der Waals surface area contributed by atoms with Crippen LogP contribution in [-0.4, -0.2) is 42.2 Å². The molecule has 1 aromatic rings. The van der Waals surface area contributed by atoms with E-state index in [0.29, 0.717) is 18.4 Å². The molecule has 0 unspecified atom stereocenters. The second-order valence-electron chi connectivity index (χ2n) is 6.38. The molecule has 0 saturated carbocycles. The Bertz CT molecular complexity index is 743. The number of methoxy groups -OCH3 is 1. The Morgan fingerprint density at radius 2 is 1.65 bits per heavy atom. The van der Waals surface area contributed by atoms with Crippen LogP contribution in [0.4, 0.5) is 0 Å². The summed E-state index contributed by atoms with van der Waals surface area (Å²) in [5.74, 6) is -2.00. The Morgan fingerprint density at radius 1 is 1.08 bits per heavy atom. The first kappa shape index (κ1) is 17.8. The van der Waals surface area contributed by atoms with Crippen molar-refractivity contribution in [1.82, 2.24) is 10.2 Å². The van der Waals surface area contributed by atoms with Crippen LogP contribution in [0, 0.1) is 11.8 Å². The van der Waals surface area contributed by atoms with Crippen molar-refractivity contribution in [2.75, 3.05) is 13.7 Å². The van der Waals surface area contributed by atoms with Crippen molar-refractivity contribution in [3.8, 4) is 0 Å². The fourth-order valence-corrected chi connectivity index (χ4v) is 3.30. The number of amides is 3.